The smallest absolute Gasteiger partial charge is 0.303 e. The molecule has 3 aromatic rings. The van der Waals surface area contributed by atoms with Gasteiger partial charge in [-0.1, -0.05) is 36.4 Å². The molecule has 0 unspecified atom stereocenters. The van der Waals surface area contributed by atoms with Crippen molar-refractivity contribution in [2.75, 3.05) is 0 Å². The molecule has 0 radical (unpaired) electrons. The Labute approximate surface area is 129 Å². The van der Waals surface area contributed by atoms with E-state index in [0.717, 1.165) is 27.7 Å². The Bertz CT molecular complexity index is 832. The van der Waals surface area contributed by atoms with Crippen molar-refractivity contribution in [2.45, 2.75) is 19.8 Å². The van der Waals surface area contributed by atoms with E-state index in [2.05, 4.69) is 41.8 Å². The molecule has 0 saturated heterocycles. The Kier molecular flexibility index (Phi) is 3.72. The van der Waals surface area contributed by atoms with E-state index in [1.807, 2.05) is 25.2 Å². The number of fused-ring (bicyclic) bond motifs is 1. The van der Waals surface area contributed by atoms with Crippen LogP contribution in [0.5, 0.6) is 0 Å². The Balaban J connectivity index is 2.13. The fraction of sp³-hybridized carbons (Fsp3) is 0.211. The van der Waals surface area contributed by atoms with Crippen molar-refractivity contribution < 1.29 is 9.90 Å². The number of carboxylic acid groups (broad SMARTS) is 1. The maximum absolute atomic E-state index is 10.9. The van der Waals surface area contributed by atoms with Gasteiger partial charge in [0.1, 0.15) is 0 Å². The molecule has 112 valence electrons. The summed E-state index contributed by atoms with van der Waals surface area (Å²) in [7, 11) is 2.03. The predicted octanol–water partition coefficient (Wildman–Crippen LogP) is 4.17. The van der Waals surface area contributed by atoms with E-state index in [0.29, 0.717) is 6.42 Å². The highest BCUT2D eigenvalue weighted by atomic mass is 16.4. The predicted molar refractivity (Wildman–Crippen MR) is 89.0 cm³/mol. The second-order valence-corrected chi connectivity index (χ2v) is 5.61. The van der Waals surface area contributed by atoms with E-state index in [4.69, 9.17) is 5.11 Å². The number of benzene rings is 2. The van der Waals surface area contributed by atoms with Crippen LogP contribution in [0.15, 0.2) is 48.5 Å². The summed E-state index contributed by atoms with van der Waals surface area (Å²) < 4.78 is 2.14. The van der Waals surface area contributed by atoms with Gasteiger partial charge >= 0.3 is 5.97 Å². The number of rotatable bonds is 4. The number of hydrogen-bond acceptors (Lipinski definition) is 1. The van der Waals surface area contributed by atoms with Crippen molar-refractivity contribution in [3.63, 3.8) is 0 Å². The first-order valence-electron chi connectivity index (χ1n) is 7.43. The zero-order valence-corrected chi connectivity index (χ0v) is 12.8. The Morgan fingerprint density at radius 3 is 2.50 bits per heavy atom. The molecule has 3 nitrogen and oxygen atoms in total. The fourth-order valence-corrected chi connectivity index (χ4v) is 3.01. The summed E-state index contributed by atoms with van der Waals surface area (Å²) in [6, 6.07) is 16.7. The summed E-state index contributed by atoms with van der Waals surface area (Å²) in [5.74, 6) is -0.754. The minimum Gasteiger partial charge on any atom is -0.481 e. The van der Waals surface area contributed by atoms with Gasteiger partial charge in [-0.2, -0.15) is 0 Å². The molecule has 0 atom stereocenters. The molecular weight excluding hydrogens is 274 g/mol. The first kappa shape index (κ1) is 14.4. The molecule has 1 aromatic heterocycles. The molecule has 0 fully saturated rings. The molecule has 22 heavy (non-hydrogen) atoms. The maximum atomic E-state index is 10.9. The van der Waals surface area contributed by atoms with E-state index < -0.39 is 5.97 Å². The molecule has 0 spiro atoms. The van der Waals surface area contributed by atoms with Crippen LogP contribution in [-0.4, -0.2) is 15.6 Å². The lowest BCUT2D eigenvalue weighted by molar-refractivity contribution is -0.136. The lowest BCUT2D eigenvalue weighted by atomic mass is 10.0. The highest BCUT2D eigenvalue weighted by Gasteiger charge is 2.13. The molecule has 1 heterocycles. The average molecular weight is 293 g/mol. The number of aryl methyl sites for hydroxylation is 2. The van der Waals surface area contributed by atoms with E-state index in [9.17, 15) is 4.79 Å². The van der Waals surface area contributed by atoms with E-state index in [-0.39, 0.29) is 6.42 Å². The van der Waals surface area contributed by atoms with Gasteiger partial charge in [0.05, 0.1) is 0 Å². The molecule has 0 aliphatic heterocycles. The lowest BCUT2D eigenvalue weighted by Gasteiger charge is -2.04. The first-order valence-corrected chi connectivity index (χ1v) is 7.43. The Morgan fingerprint density at radius 1 is 1.09 bits per heavy atom. The van der Waals surface area contributed by atoms with Crippen molar-refractivity contribution in [3.8, 4) is 11.1 Å². The standard InChI is InChI=1S/C19H19NO2/c1-13-16(9-11-19(21)22)17-12-15(8-10-18(17)20(13)2)14-6-4-3-5-7-14/h3-8,10,12H,9,11H2,1-2H3,(H,21,22). The molecule has 0 bridgehead atoms. The van der Waals surface area contributed by atoms with E-state index in [1.54, 1.807) is 0 Å². The van der Waals surface area contributed by atoms with Crippen molar-refractivity contribution in [2.24, 2.45) is 7.05 Å². The average Bonchev–Trinajstić information content (AvgIpc) is 2.77. The third-order valence-corrected chi connectivity index (χ3v) is 4.32. The SMILES string of the molecule is Cc1c(CCC(=O)O)c2cc(-c3ccccc3)ccc2n1C. The van der Waals surface area contributed by atoms with Crippen LogP contribution >= 0.6 is 0 Å². The van der Waals surface area contributed by atoms with Gasteiger partial charge in [0.2, 0.25) is 0 Å². The van der Waals surface area contributed by atoms with Gasteiger partial charge in [0.25, 0.3) is 0 Å². The second-order valence-electron chi connectivity index (χ2n) is 5.61. The topological polar surface area (TPSA) is 42.2 Å². The largest absolute Gasteiger partial charge is 0.481 e. The number of aliphatic carboxylic acids is 1. The lowest BCUT2D eigenvalue weighted by Crippen LogP contribution is -1.99. The van der Waals surface area contributed by atoms with Gasteiger partial charge in [0.15, 0.2) is 0 Å². The van der Waals surface area contributed by atoms with Crippen molar-refractivity contribution in [3.05, 3.63) is 59.8 Å². The van der Waals surface area contributed by atoms with Crippen LogP contribution in [0, 0.1) is 6.92 Å². The van der Waals surface area contributed by atoms with Gasteiger partial charge in [-0.05, 0) is 42.2 Å². The van der Waals surface area contributed by atoms with Gasteiger partial charge in [-0.25, -0.2) is 0 Å². The Hall–Kier alpha value is -2.55. The number of hydrogen-bond donors (Lipinski definition) is 1. The zero-order chi connectivity index (χ0) is 15.7. The van der Waals surface area contributed by atoms with Crippen molar-refractivity contribution in [1.29, 1.82) is 0 Å². The highest BCUT2D eigenvalue weighted by Crippen LogP contribution is 2.30. The van der Waals surface area contributed by atoms with E-state index in [1.165, 1.54) is 5.56 Å². The monoisotopic (exact) mass is 293 g/mol. The van der Waals surface area contributed by atoms with Crippen LogP contribution < -0.4 is 0 Å². The third kappa shape index (κ3) is 2.50. The van der Waals surface area contributed by atoms with Gasteiger partial charge in [-0.15, -0.1) is 0 Å². The van der Waals surface area contributed by atoms with Gasteiger partial charge in [0, 0.05) is 30.1 Å². The molecule has 0 aliphatic rings. The third-order valence-electron chi connectivity index (χ3n) is 4.32. The number of aromatic nitrogens is 1. The fourth-order valence-electron chi connectivity index (χ4n) is 3.01. The number of nitrogens with zero attached hydrogens (tertiary/aromatic N) is 1. The van der Waals surface area contributed by atoms with Crippen molar-refractivity contribution >= 4 is 16.9 Å². The molecule has 3 heteroatoms. The summed E-state index contributed by atoms with van der Waals surface area (Å²) in [5.41, 5.74) is 5.77. The number of carbonyl (C=O) groups is 1. The molecule has 0 amide bonds. The van der Waals surface area contributed by atoms with Gasteiger partial charge in [-0.3, -0.25) is 4.79 Å². The summed E-state index contributed by atoms with van der Waals surface area (Å²) in [6.45, 7) is 2.05. The maximum Gasteiger partial charge on any atom is 0.303 e. The van der Waals surface area contributed by atoms with Crippen LogP contribution in [-0.2, 0) is 18.3 Å². The van der Waals surface area contributed by atoms with Crippen molar-refractivity contribution in [1.82, 2.24) is 4.57 Å². The molecule has 0 saturated carbocycles. The summed E-state index contributed by atoms with van der Waals surface area (Å²) in [6.07, 6.45) is 0.728. The van der Waals surface area contributed by atoms with Crippen LogP contribution in [0.1, 0.15) is 17.7 Å². The first-order chi connectivity index (χ1) is 10.6. The summed E-state index contributed by atoms with van der Waals surface area (Å²) >= 11 is 0. The molecule has 1 N–H and O–H groups in total. The van der Waals surface area contributed by atoms with Crippen LogP contribution in [0.3, 0.4) is 0 Å². The highest BCUT2D eigenvalue weighted by molar-refractivity contribution is 5.90. The molecular formula is C19H19NO2. The minimum absolute atomic E-state index is 0.162. The van der Waals surface area contributed by atoms with Crippen LogP contribution in [0.2, 0.25) is 0 Å². The van der Waals surface area contributed by atoms with Gasteiger partial charge < -0.3 is 9.67 Å². The second kappa shape index (κ2) is 5.68. The minimum atomic E-state index is -0.754. The molecule has 0 aliphatic carbocycles. The van der Waals surface area contributed by atoms with Crippen LogP contribution in [0.4, 0.5) is 0 Å². The summed E-state index contributed by atoms with van der Waals surface area (Å²) in [4.78, 5) is 10.9. The summed E-state index contributed by atoms with van der Waals surface area (Å²) in [5, 5.41) is 10.1. The van der Waals surface area contributed by atoms with Crippen LogP contribution in [0.25, 0.3) is 22.0 Å². The normalized spacial score (nSPS) is 11.0. The van der Waals surface area contributed by atoms with E-state index >= 15 is 0 Å². The zero-order valence-electron chi connectivity index (χ0n) is 12.8. The quantitative estimate of drug-likeness (QED) is 0.784. The Morgan fingerprint density at radius 2 is 1.82 bits per heavy atom. The number of carboxylic acids is 1. The molecule has 2 aromatic carbocycles. The molecule has 3 rings (SSSR count).